The lowest BCUT2D eigenvalue weighted by atomic mass is 9.85. The summed E-state index contributed by atoms with van der Waals surface area (Å²) >= 11 is 0. The van der Waals surface area contributed by atoms with Crippen LogP contribution in [0.4, 0.5) is 16.7 Å². The fourth-order valence-corrected chi connectivity index (χ4v) is 10.0. The molecule has 20 heteroatoms. The van der Waals surface area contributed by atoms with E-state index in [1.165, 1.54) is 34.9 Å². The van der Waals surface area contributed by atoms with E-state index in [1.54, 1.807) is 0 Å². The van der Waals surface area contributed by atoms with Gasteiger partial charge < -0.3 is 57.3 Å². The standard InChI is InChI=1S/C35H35N7O4.C20H25N7O2/c36-34-41-31-30(38-20-39-31)33(42-34)45-18-22-11-9-21(10-12-22)17-37-32(43)23-13-15-24(16-14-23)40-35(44)46-19-29-27-7-3-1-5-25(27)26-6-2-4-8-28(26)29;21-15-7-5-14(6-8-15)18(28)23-9-12-1-3-13(4-2-12)10-29-19-16-17(25-11-24-16)26-20(22)27-19/h1-12,20,23-24,29H,13-19H2,(H,37,43)(H,40,44)(H3,36,38,39,41,42);1-4,11,14-15H,5-10,21H2,(H,23,28)(H3,22,24,25,26,27). The molecule has 0 radical (unpaired) electrons. The number of ether oxygens (including phenoxy) is 3. The quantitative estimate of drug-likeness (QED) is 0.0519. The van der Waals surface area contributed by atoms with Gasteiger partial charge in [-0.05, 0) is 95.9 Å². The number of imidazole rings is 2. The number of aromatic nitrogens is 8. The predicted octanol–water partition coefficient (Wildman–Crippen LogP) is 6.88. The highest BCUT2D eigenvalue weighted by Gasteiger charge is 2.31. The van der Waals surface area contributed by atoms with E-state index in [0.717, 1.165) is 60.8 Å². The number of nitrogens with two attached hydrogens (primary N) is 3. The molecule has 0 atom stereocenters. The Labute approximate surface area is 432 Å². The smallest absolute Gasteiger partial charge is 0.407 e. The maximum atomic E-state index is 12.9. The monoisotopic (exact) mass is 1010 g/mol. The van der Waals surface area contributed by atoms with Crippen molar-refractivity contribution in [1.29, 1.82) is 0 Å². The zero-order chi connectivity index (χ0) is 51.7. The summed E-state index contributed by atoms with van der Waals surface area (Å²) in [6.07, 6.45) is 9.15. The molecule has 4 aromatic carbocycles. The molecule has 0 spiro atoms. The predicted molar refractivity (Wildman–Crippen MR) is 281 cm³/mol. The molecule has 0 unspecified atom stereocenters. The number of carbonyl (C=O) groups excluding carboxylic acids is 3. The van der Waals surface area contributed by atoms with E-state index in [-0.39, 0.29) is 60.2 Å². The highest BCUT2D eigenvalue weighted by molar-refractivity contribution is 5.81. The Morgan fingerprint density at radius 3 is 1.48 bits per heavy atom. The number of amides is 3. The van der Waals surface area contributed by atoms with E-state index in [2.05, 4.69) is 80.1 Å². The van der Waals surface area contributed by atoms with E-state index in [1.807, 2.05) is 72.8 Å². The number of fused-ring (bicyclic) bond motifs is 5. The largest absolute Gasteiger partial charge is 0.471 e. The maximum Gasteiger partial charge on any atom is 0.407 e. The van der Waals surface area contributed by atoms with Crippen molar-refractivity contribution in [1.82, 2.24) is 55.8 Å². The molecule has 4 aromatic heterocycles. The molecule has 2 fully saturated rings. The van der Waals surface area contributed by atoms with Gasteiger partial charge in [0.2, 0.25) is 35.5 Å². The van der Waals surface area contributed by atoms with Crippen LogP contribution in [0.3, 0.4) is 0 Å². The van der Waals surface area contributed by atoms with E-state index in [9.17, 15) is 14.4 Å². The molecule has 2 saturated carbocycles. The molecule has 0 bridgehead atoms. The summed E-state index contributed by atoms with van der Waals surface area (Å²) in [4.78, 5) is 68.4. The number of anilines is 2. The van der Waals surface area contributed by atoms with Gasteiger partial charge in [0.05, 0.1) is 12.7 Å². The summed E-state index contributed by atoms with van der Waals surface area (Å²) < 4.78 is 17.4. The Kier molecular flexibility index (Phi) is 15.3. The van der Waals surface area contributed by atoms with Crippen molar-refractivity contribution in [3.8, 4) is 22.9 Å². The number of hydrogen-bond donors (Lipinski definition) is 8. The summed E-state index contributed by atoms with van der Waals surface area (Å²) in [5.74, 6) is 1.13. The molecule has 11 rings (SSSR count). The summed E-state index contributed by atoms with van der Waals surface area (Å²) in [5.41, 5.74) is 28.2. The second-order valence-corrected chi connectivity index (χ2v) is 19.3. The minimum atomic E-state index is -0.403. The number of hydrogen-bond acceptors (Lipinski definition) is 15. The fraction of sp³-hybridized carbons (Fsp3) is 0.327. The number of alkyl carbamates (subject to hydrolysis) is 1. The molecule has 20 nitrogen and oxygen atoms in total. The molecular weight excluding hydrogens is 953 g/mol. The van der Waals surface area contributed by atoms with Crippen molar-refractivity contribution >= 4 is 52.1 Å². The van der Waals surface area contributed by atoms with Gasteiger partial charge in [-0.15, -0.1) is 0 Å². The zero-order valence-corrected chi connectivity index (χ0v) is 41.3. The molecule has 4 heterocycles. The van der Waals surface area contributed by atoms with Gasteiger partial charge in [-0.3, -0.25) is 9.59 Å². The average Bonchev–Trinajstić information content (AvgIpc) is 4.19. The van der Waals surface area contributed by atoms with Crippen LogP contribution in [0.2, 0.25) is 0 Å². The van der Waals surface area contributed by atoms with Crippen LogP contribution in [0.15, 0.2) is 110 Å². The Bertz CT molecular complexity index is 3210. The van der Waals surface area contributed by atoms with Crippen LogP contribution < -0.4 is 42.6 Å². The topological polar surface area (TPSA) is 302 Å². The van der Waals surface area contributed by atoms with Crippen LogP contribution in [0.25, 0.3) is 33.5 Å². The molecule has 3 aliphatic rings. The summed E-state index contributed by atoms with van der Waals surface area (Å²) in [6.45, 7) is 1.87. The lowest BCUT2D eigenvalue weighted by molar-refractivity contribution is -0.127. The van der Waals surface area contributed by atoms with Gasteiger partial charge in [0.1, 0.15) is 30.9 Å². The van der Waals surface area contributed by atoms with Crippen molar-refractivity contribution in [2.45, 2.75) is 95.7 Å². The normalized spacial score (nSPS) is 18.0. The van der Waals surface area contributed by atoms with Gasteiger partial charge >= 0.3 is 6.09 Å². The number of aromatic amines is 2. The van der Waals surface area contributed by atoms with E-state index in [0.29, 0.717) is 73.2 Å². The zero-order valence-electron chi connectivity index (χ0n) is 41.3. The van der Waals surface area contributed by atoms with E-state index >= 15 is 0 Å². The Hall–Kier alpha value is -8.65. The molecule has 75 heavy (non-hydrogen) atoms. The number of benzene rings is 4. The summed E-state index contributed by atoms with van der Waals surface area (Å²) in [7, 11) is 0. The van der Waals surface area contributed by atoms with Crippen LogP contribution in [0, 0.1) is 11.8 Å². The second-order valence-electron chi connectivity index (χ2n) is 19.3. The molecule has 386 valence electrons. The van der Waals surface area contributed by atoms with Gasteiger partial charge in [-0.2, -0.15) is 19.9 Å². The van der Waals surface area contributed by atoms with Gasteiger partial charge in [0.15, 0.2) is 11.3 Å². The minimum Gasteiger partial charge on any atom is -0.471 e. The molecule has 11 N–H and O–H groups in total. The third kappa shape index (κ3) is 12.2. The van der Waals surface area contributed by atoms with Gasteiger partial charge in [-0.25, -0.2) is 14.8 Å². The lowest BCUT2D eigenvalue weighted by Gasteiger charge is -2.28. The SMILES string of the molecule is Nc1nc(OCc2ccc(CNC(=O)C3CCC(N)CC3)cc2)c2[nH]cnc2n1.Nc1nc(OCc2ccc(CNC(=O)C3CCC(NC(=O)OCC4c5ccccc5-c5ccccc54)CC3)cc2)c2[nH]cnc2n1. The Morgan fingerprint density at radius 1 is 0.560 bits per heavy atom. The highest BCUT2D eigenvalue weighted by atomic mass is 16.5. The number of carbonyl (C=O) groups is 3. The first-order chi connectivity index (χ1) is 36.6. The molecular formula is C55H60N14O6. The second kappa shape index (κ2) is 23.1. The first kappa shape index (κ1) is 49.9. The van der Waals surface area contributed by atoms with E-state index < -0.39 is 6.09 Å². The number of nitrogen functional groups attached to an aromatic ring is 2. The molecule has 0 saturated heterocycles. The van der Waals surface area contributed by atoms with Crippen molar-refractivity contribution in [3.05, 3.63) is 143 Å². The molecule has 3 amide bonds. The Balaban J connectivity index is 0.000000190. The van der Waals surface area contributed by atoms with E-state index in [4.69, 9.17) is 31.4 Å². The van der Waals surface area contributed by atoms with Crippen molar-refractivity contribution < 1.29 is 28.6 Å². The lowest BCUT2D eigenvalue weighted by Crippen LogP contribution is -2.41. The first-order valence-corrected chi connectivity index (χ1v) is 25.4. The molecule has 3 aliphatic carbocycles. The third-order valence-electron chi connectivity index (χ3n) is 14.2. The summed E-state index contributed by atoms with van der Waals surface area (Å²) in [6, 6.07) is 32.6. The molecule has 0 aliphatic heterocycles. The van der Waals surface area contributed by atoms with Crippen molar-refractivity contribution in [2.24, 2.45) is 17.6 Å². The third-order valence-corrected chi connectivity index (χ3v) is 14.2. The highest BCUT2D eigenvalue weighted by Crippen LogP contribution is 2.44. The van der Waals surface area contributed by atoms with Gasteiger partial charge in [-0.1, -0.05) is 97.1 Å². The van der Waals surface area contributed by atoms with Gasteiger partial charge in [0.25, 0.3) is 0 Å². The molecule has 8 aromatic rings. The van der Waals surface area contributed by atoms with Crippen LogP contribution in [0.5, 0.6) is 11.8 Å². The minimum absolute atomic E-state index is 0.00221. The number of nitrogens with zero attached hydrogens (tertiary/aromatic N) is 6. The Morgan fingerprint density at radius 2 is 1.00 bits per heavy atom. The number of rotatable bonds is 15. The average molecular weight is 1010 g/mol. The van der Waals surface area contributed by atoms with Crippen LogP contribution in [0.1, 0.15) is 90.7 Å². The number of nitrogens with one attached hydrogen (secondary N) is 5. The summed E-state index contributed by atoms with van der Waals surface area (Å²) in [5, 5.41) is 9.12. The first-order valence-electron chi connectivity index (χ1n) is 25.4. The number of H-pyrrole nitrogens is 2. The van der Waals surface area contributed by atoms with Crippen LogP contribution in [-0.4, -0.2) is 76.5 Å². The van der Waals surface area contributed by atoms with Gasteiger partial charge in [0, 0.05) is 42.9 Å². The van der Waals surface area contributed by atoms with Crippen molar-refractivity contribution in [3.63, 3.8) is 0 Å². The van der Waals surface area contributed by atoms with Crippen molar-refractivity contribution in [2.75, 3.05) is 18.1 Å². The van der Waals surface area contributed by atoms with Crippen LogP contribution in [-0.2, 0) is 40.6 Å². The fourth-order valence-electron chi connectivity index (χ4n) is 10.0. The van der Waals surface area contributed by atoms with Crippen LogP contribution >= 0.6 is 0 Å². The maximum absolute atomic E-state index is 12.9.